The molecule has 5 atom stereocenters. The Hall–Kier alpha value is -0.800. The SMILES string of the molecule is C=C[C@@H]1CC[C@H]2[C@@H]3CCc4cnccc4[C@@H]3SC[C@@]12O. The smallest absolute Gasteiger partial charge is 0.0831 e. The number of hydrogen-bond donors (Lipinski definition) is 1. The quantitative estimate of drug-likeness (QED) is 0.804. The lowest BCUT2D eigenvalue weighted by atomic mass is 9.70. The fourth-order valence-corrected chi connectivity index (χ4v) is 6.59. The maximum atomic E-state index is 11.2. The highest BCUT2D eigenvalue weighted by molar-refractivity contribution is 7.99. The molecule has 0 amide bonds. The molecule has 0 radical (unpaired) electrons. The zero-order valence-corrected chi connectivity index (χ0v) is 12.5. The molecule has 1 N–H and O–H groups in total. The molecule has 106 valence electrons. The number of thioether (sulfide) groups is 1. The van der Waals surface area contributed by atoms with E-state index in [-0.39, 0.29) is 0 Å². The number of aliphatic hydroxyl groups is 1. The van der Waals surface area contributed by atoms with Crippen molar-refractivity contribution in [3.63, 3.8) is 0 Å². The molecule has 2 fully saturated rings. The summed E-state index contributed by atoms with van der Waals surface area (Å²) < 4.78 is 0. The van der Waals surface area contributed by atoms with Crippen molar-refractivity contribution < 1.29 is 5.11 Å². The summed E-state index contributed by atoms with van der Waals surface area (Å²) in [6, 6.07) is 2.20. The Morgan fingerprint density at radius 1 is 1.40 bits per heavy atom. The molecule has 3 aliphatic rings. The Morgan fingerprint density at radius 2 is 2.30 bits per heavy atom. The average molecular weight is 287 g/mol. The van der Waals surface area contributed by atoms with Crippen molar-refractivity contribution in [2.75, 3.05) is 5.75 Å². The number of pyridine rings is 1. The van der Waals surface area contributed by atoms with Gasteiger partial charge in [-0.2, -0.15) is 11.8 Å². The normalized spacial score (nSPS) is 42.5. The van der Waals surface area contributed by atoms with E-state index in [9.17, 15) is 5.11 Å². The van der Waals surface area contributed by atoms with Crippen molar-refractivity contribution in [1.82, 2.24) is 4.98 Å². The van der Waals surface area contributed by atoms with Gasteiger partial charge in [-0.15, -0.1) is 6.58 Å². The summed E-state index contributed by atoms with van der Waals surface area (Å²) in [6.45, 7) is 3.94. The molecule has 1 saturated heterocycles. The molecule has 2 heterocycles. The summed E-state index contributed by atoms with van der Waals surface area (Å²) in [6.07, 6.45) is 10.5. The number of nitrogens with zero attached hydrogens (tertiary/aromatic N) is 1. The summed E-state index contributed by atoms with van der Waals surface area (Å²) >= 11 is 1.96. The molecule has 0 unspecified atom stereocenters. The predicted octanol–water partition coefficient (Wildman–Crippen LogP) is 3.38. The minimum Gasteiger partial charge on any atom is -0.388 e. The number of rotatable bonds is 1. The predicted molar refractivity (Wildman–Crippen MR) is 82.6 cm³/mol. The van der Waals surface area contributed by atoms with Crippen LogP contribution in [0, 0.1) is 17.8 Å². The molecule has 0 bridgehead atoms. The van der Waals surface area contributed by atoms with Gasteiger partial charge in [0.15, 0.2) is 0 Å². The minimum absolute atomic E-state index is 0.291. The molecular weight excluding hydrogens is 266 g/mol. The van der Waals surface area contributed by atoms with E-state index in [2.05, 4.69) is 17.6 Å². The van der Waals surface area contributed by atoms with Crippen LogP contribution in [0.25, 0.3) is 0 Å². The second kappa shape index (κ2) is 4.60. The topological polar surface area (TPSA) is 33.1 Å². The summed E-state index contributed by atoms with van der Waals surface area (Å²) in [7, 11) is 0. The summed E-state index contributed by atoms with van der Waals surface area (Å²) in [4.78, 5) is 4.27. The second-order valence-electron chi connectivity index (χ2n) is 6.53. The molecule has 20 heavy (non-hydrogen) atoms. The zero-order valence-electron chi connectivity index (χ0n) is 11.7. The molecule has 0 spiro atoms. The molecule has 4 rings (SSSR count). The molecule has 1 aromatic heterocycles. The van der Waals surface area contributed by atoms with Crippen LogP contribution in [-0.4, -0.2) is 21.4 Å². The van der Waals surface area contributed by atoms with Gasteiger partial charge in [-0.1, -0.05) is 6.08 Å². The number of aromatic nitrogens is 1. The molecule has 1 saturated carbocycles. The van der Waals surface area contributed by atoms with Crippen LogP contribution >= 0.6 is 11.8 Å². The standard InChI is InChI=1S/C17H21NOS/c1-2-12-4-6-15-14-5-3-11-9-18-8-7-13(11)16(14)20-10-17(12,15)19/h2,7-9,12,14-16,19H,1,3-6,10H2/t12-,14+,15+,16+,17-/m1/s1. The van der Waals surface area contributed by atoms with Crippen molar-refractivity contribution in [1.29, 1.82) is 0 Å². The van der Waals surface area contributed by atoms with Crippen molar-refractivity contribution in [2.45, 2.75) is 36.5 Å². The highest BCUT2D eigenvalue weighted by Gasteiger charge is 2.56. The van der Waals surface area contributed by atoms with Gasteiger partial charge in [0.2, 0.25) is 0 Å². The van der Waals surface area contributed by atoms with Gasteiger partial charge < -0.3 is 5.11 Å². The van der Waals surface area contributed by atoms with Crippen molar-refractivity contribution in [2.24, 2.45) is 17.8 Å². The number of hydrogen-bond acceptors (Lipinski definition) is 3. The van der Waals surface area contributed by atoms with Gasteiger partial charge in [0.05, 0.1) is 5.60 Å². The lowest BCUT2D eigenvalue weighted by Gasteiger charge is -2.48. The van der Waals surface area contributed by atoms with Crippen LogP contribution in [0.3, 0.4) is 0 Å². The van der Waals surface area contributed by atoms with Crippen LogP contribution in [0.1, 0.15) is 35.6 Å². The van der Waals surface area contributed by atoms with Crippen molar-refractivity contribution >= 4 is 11.8 Å². The highest BCUT2D eigenvalue weighted by atomic mass is 32.2. The van der Waals surface area contributed by atoms with E-state index in [1.807, 2.05) is 30.2 Å². The fourth-order valence-electron chi connectivity index (χ4n) is 4.73. The zero-order chi connectivity index (χ0) is 13.7. The average Bonchev–Trinajstić information content (AvgIpc) is 2.83. The third-order valence-corrected chi connectivity index (χ3v) is 7.34. The van der Waals surface area contributed by atoms with Crippen LogP contribution in [-0.2, 0) is 6.42 Å². The van der Waals surface area contributed by atoms with E-state index in [4.69, 9.17) is 0 Å². The molecule has 2 nitrogen and oxygen atoms in total. The van der Waals surface area contributed by atoms with Gasteiger partial charge in [-0.3, -0.25) is 4.98 Å². The third kappa shape index (κ3) is 1.66. The maximum Gasteiger partial charge on any atom is 0.0831 e. The Morgan fingerprint density at radius 3 is 3.15 bits per heavy atom. The molecular formula is C17H21NOS. The summed E-state index contributed by atoms with van der Waals surface area (Å²) in [5.74, 6) is 2.23. The van der Waals surface area contributed by atoms with Gasteiger partial charge in [0.1, 0.15) is 0 Å². The monoisotopic (exact) mass is 287 g/mol. The number of aryl methyl sites for hydroxylation is 1. The highest BCUT2D eigenvalue weighted by Crippen LogP contribution is 2.60. The molecule has 3 heteroatoms. The van der Waals surface area contributed by atoms with Gasteiger partial charge in [-0.05, 0) is 54.7 Å². The first-order valence-electron chi connectivity index (χ1n) is 7.63. The molecule has 1 aliphatic heterocycles. The Bertz CT molecular complexity index is 546. The van der Waals surface area contributed by atoms with E-state index >= 15 is 0 Å². The lowest BCUT2D eigenvalue weighted by Crippen LogP contribution is -2.50. The van der Waals surface area contributed by atoms with E-state index in [0.29, 0.717) is 23.0 Å². The lowest BCUT2D eigenvalue weighted by molar-refractivity contribution is -0.0301. The van der Waals surface area contributed by atoms with Gasteiger partial charge in [0, 0.05) is 29.3 Å². The van der Waals surface area contributed by atoms with Crippen LogP contribution < -0.4 is 0 Å². The van der Waals surface area contributed by atoms with E-state index in [1.54, 1.807) is 0 Å². The van der Waals surface area contributed by atoms with Gasteiger partial charge >= 0.3 is 0 Å². The Labute approximate surface area is 124 Å². The van der Waals surface area contributed by atoms with Crippen LogP contribution in [0.15, 0.2) is 31.1 Å². The van der Waals surface area contributed by atoms with Crippen LogP contribution in [0.4, 0.5) is 0 Å². The van der Waals surface area contributed by atoms with E-state index in [0.717, 1.165) is 25.0 Å². The molecule has 2 aliphatic carbocycles. The minimum atomic E-state index is -0.502. The van der Waals surface area contributed by atoms with Crippen LogP contribution in [0.5, 0.6) is 0 Å². The Kier molecular flexibility index (Phi) is 2.97. The summed E-state index contributed by atoms with van der Waals surface area (Å²) in [5.41, 5.74) is 2.40. The fraction of sp³-hybridized carbons (Fsp3) is 0.588. The molecule has 1 aromatic rings. The number of fused-ring (bicyclic) bond motifs is 5. The molecule has 0 aromatic carbocycles. The first kappa shape index (κ1) is 12.9. The Balaban J connectivity index is 1.70. The maximum absolute atomic E-state index is 11.2. The largest absolute Gasteiger partial charge is 0.388 e. The van der Waals surface area contributed by atoms with Gasteiger partial charge in [-0.25, -0.2) is 0 Å². The van der Waals surface area contributed by atoms with E-state index in [1.165, 1.54) is 17.5 Å². The first-order valence-corrected chi connectivity index (χ1v) is 8.68. The second-order valence-corrected chi connectivity index (χ2v) is 7.66. The third-order valence-electron chi connectivity index (χ3n) is 5.75. The first-order chi connectivity index (χ1) is 9.74. The van der Waals surface area contributed by atoms with Crippen molar-refractivity contribution in [3.8, 4) is 0 Å². The van der Waals surface area contributed by atoms with E-state index < -0.39 is 5.60 Å². The summed E-state index contributed by atoms with van der Waals surface area (Å²) in [5, 5.41) is 11.7. The van der Waals surface area contributed by atoms with Gasteiger partial charge in [0.25, 0.3) is 0 Å². The van der Waals surface area contributed by atoms with Crippen molar-refractivity contribution in [3.05, 3.63) is 42.2 Å². The van der Waals surface area contributed by atoms with Crippen LogP contribution in [0.2, 0.25) is 0 Å².